The first-order chi connectivity index (χ1) is 13.3. The van der Waals surface area contributed by atoms with Crippen molar-refractivity contribution >= 4 is 11.7 Å². The van der Waals surface area contributed by atoms with E-state index in [-0.39, 0.29) is 24.8 Å². The minimum Gasteiger partial charge on any atom is -0.368 e. The molecular formula is C20H21F4N3O. The number of nitrogens with zero attached hydrogens (tertiary/aromatic N) is 1. The molecule has 1 heterocycles. The molecule has 1 aliphatic rings. The topological polar surface area (TPSA) is 54.0 Å². The molecule has 2 N–H and O–H groups in total. The molecule has 0 unspecified atom stereocenters. The molecule has 0 atom stereocenters. The molecule has 28 heavy (non-hydrogen) atoms. The van der Waals surface area contributed by atoms with Crippen LogP contribution in [0.15, 0.2) is 42.6 Å². The molecule has 0 aliphatic heterocycles. The number of amides is 1. The van der Waals surface area contributed by atoms with Gasteiger partial charge in [-0.25, -0.2) is 9.37 Å². The summed E-state index contributed by atoms with van der Waals surface area (Å²) in [7, 11) is 0. The lowest BCUT2D eigenvalue weighted by atomic mass is 9.78. The van der Waals surface area contributed by atoms with E-state index in [9.17, 15) is 22.4 Å². The van der Waals surface area contributed by atoms with Crippen LogP contribution in [0.5, 0.6) is 0 Å². The third-order valence-corrected chi connectivity index (χ3v) is 5.09. The number of carbonyl (C=O) groups is 1. The van der Waals surface area contributed by atoms with E-state index < -0.39 is 23.0 Å². The first-order valence-corrected chi connectivity index (χ1v) is 9.13. The Balaban J connectivity index is 1.63. The Labute approximate surface area is 160 Å². The largest absolute Gasteiger partial charge is 0.419 e. The highest BCUT2D eigenvalue weighted by Crippen LogP contribution is 2.41. The first-order valence-electron chi connectivity index (χ1n) is 9.13. The molecule has 1 aromatic carbocycles. The van der Waals surface area contributed by atoms with E-state index in [1.54, 1.807) is 12.1 Å². The Kier molecular flexibility index (Phi) is 5.86. The maximum Gasteiger partial charge on any atom is 0.419 e. The van der Waals surface area contributed by atoms with Crippen LogP contribution in [0.1, 0.15) is 36.8 Å². The summed E-state index contributed by atoms with van der Waals surface area (Å²) >= 11 is 0. The number of aromatic nitrogens is 1. The second kappa shape index (κ2) is 8.16. The van der Waals surface area contributed by atoms with Gasteiger partial charge in [-0.1, -0.05) is 25.0 Å². The van der Waals surface area contributed by atoms with Crippen LogP contribution in [0.2, 0.25) is 0 Å². The van der Waals surface area contributed by atoms with Crippen molar-refractivity contribution in [2.24, 2.45) is 0 Å². The Morgan fingerprint density at radius 1 is 1.11 bits per heavy atom. The second-order valence-electron chi connectivity index (χ2n) is 6.88. The minimum absolute atomic E-state index is 0.0884. The summed E-state index contributed by atoms with van der Waals surface area (Å²) in [6, 6.07) is 8.21. The Bertz CT molecular complexity index is 832. The van der Waals surface area contributed by atoms with Gasteiger partial charge in [0, 0.05) is 19.3 Å². The van der Waals surface area contributed by atoms with E-state index in [1.165, 1.54) is 24.4 Å². The van der Waals surface area contributed by atoms with Gasteiger partial charge in [-0.3, -0.25) is 4.79 Å². The molecule has 0 bridgehead atoms. The predicted molar refractivity (Wildman–Crippen MR) is 97.3 cm³/mol. The maximum absolute atomic E-state index is 13.6. The number of nitrogens with one attached hydrogen (secondary N) is 2. The van der Waals surface area contributed by atoms with Crippen LogP contribution in [0.25, 0.3) is 0 Å². The van der Waals surface area contributed by atoms with Gasteiger partial charge in [0.2, 0.25) is 5.91 Å². The van der Waals surface area contributed by atoms with Crippen molar-refractivity contribution in [1.82, 2.24) is 10.3 Å². The number of hydrogen-bond acceptors (Lipinski definition) is 3. The van der Waals surface area contributed by atoms with Crippen molar-refractivity contribution < 1.29 is 22.4 Å². The molecule has 2 aromatic rings. The molecular weight excluding hydrogens is 374 g/mol. The molecule has 3 rings (SSSR count). The average molecular weight is 395 g/mol. The molecule has 0 spiro atoms. The van der Waals surface area contributed by atoms with Crippen LogP contribution < -0.4 is 10.6 Å². The molecule has 1 aliphatic carbocycles. The van der Waals surface area contributed by atoms with E-state index in [0.29, 0.717) is 18.4 Å². The monoisotopic (exact) mass is 395 g/mol. The molecule has 1 fully saturated rings. The van der Waals surface area contributed by atoms with E-state index in [1.807, 2.05) is 0 Å². The fourth-order valence-electron chi connectivity index (χ4n) is 3.71. The van der Waals surface area contributed by atoms with Gasteiger partial charge in [-0.2, -0.15) is 13.2 Å². The summed E-state index contributed by atoms with van der Waals surface area (Å²) in [5.41, 5.74) is -1.00. The highest BCUT2D eigenvalue weighted by Gasteiger charge is 2.42. The van der Waals surface area contributed by atoms with Crippen molar-refractivity contribution in [1.29, 1.82) is 0 Å². The van der Waals surface area contributed by atoms with Gasteiger partial charge in [-0.15, -0.1) is 0 Å². The lowest BCUT2D eigenvalue weighted by molar-refractivity contribution is -0.137. The summed E-state index contributed by atoms with van der Waals surface area (Å²) < 4.78 is 52.6. The maximum atomic E-state index is 13.6. The molecule has 1 saturated carbocycles. The summed E-state index contributed by atoms with van der Waals surface area (Å²) in [4.78, 5) is 16.6. The van der Waals surface area contributed by atoms with Gasteiger partial charge >= 0.3 is 6.18 Å². The van der Waals surface area contributed by atoms with Gasteiger partial charge in [0.05, 0.1) is 11.0 Å². The van der Waals surface area contributed by atoms with E-state index in [0.717, 1.165) is 18.9 Å². The first kappa shape index (κ1) is 20.1. The fourth-order valence-corrected chi connectivity index (χ4v) is 3.71. The summed E-state index contributed by atoms with van der Waals surface area (Å²) in [5.74, 6) is -0.896. The highest BCUT2D eigenvalue weighted by atomic mass is 19.4. The van der Waals surface area contributed by atoms with Crippen LogP contribution in [-0.4, -0.2) is 24.0 Å². The SMILES string of the molecule is O=C(NCCNc1ncccc1C(F)(F)F)C1(c2cccc(F)c2)CCCC1. The average Bonchev–Trinajstić information content (AvgIpc) is 3.16. The number of anilines is 1. The summed E-state index contributed by atoms with van der Waals surface area (Å²) in [6.07, 6.45) is -0.267. The van der Waals surface area contributed by atoms with Crippen molar-refractivity contribution in [2.45, 2.75) is 37.3 Å². The lowest BCUT2D eigenvalue weighted by Crippen LogP contribution is -2.44. The zero-order chi connectivity index (χ0) is 20.2. The number of halogens is 4. The van der Waals surface area contributed by atoms with E-state index in [4.69, 9.17) is 0 Å². The van der Waals surface area contributed by atoms with Crippen molar-refractivity contribution in [3.05, 3.63) is 59.5 Å². The highest BCUT2D eigenvalue weighted by molar-refractivity contribution is 5.88. The molecule has 1 aromatic heterocycles. The Morgan fingerprint density at radius 3 is 2.54 bits per heavy atom. The number of carbonyl (C=O) groups excluding carboxylic acids is 1. The van der Waals surface area contributed by atoms with Crippen molar-refractivity contribution in [3.63, 3.8) is 0 Å². The van der Waals surface area contributed by atoms with Crippen LogP contribution in [0, 0.1) is 5.82 Å². The normalized spacial score (nSPS) is 16.0. The van der Waals surface area contributed by atoms with Crippen LogP contribution in [0.3, 0.4) is 0 Å². The Hall–Kier alpha value is -2.64. The zero-order valence-corrected chi connectivity index (χ0v) is 15.2. The van der Waals surface area contributed by atoms with E-state index in [2.05, 4.69) is 15.6 Å². The number of pyridine rings is 1. The Morgan fingerprint density at radius 2 is 1.86 bits per heavy atom. The van der Waals surface area contributed by atoms with Crippen LogP contribution >= 0.6 is 0 Å². The number of benzene rings is 1. The van der Waals surface area contributed by atoms with Gasteiger partial charge in [-0.05, 0) is 42.7 Å². The smallest absolute Gasteiger partial charge is 0.368 e. The molecule has 150 valence electrons. The van der Waals surface area contributed by atoms with Crippen molar-refractivity contribution in [3.8, 4) is 0 Å². The summed E-state index contributed by atoms with van der Waals surface area (Å²) in [6.45, 7) is 0.217. The fraction of sp³-hybridized carbons (Fsp3) is 0.400. The zero-order valence-electron chi connectivity index (χ0n) is 15.2. The third-order valence-electron chi connectivity index (χ3n) is 5.09. The molecule has 0 radical (unpaired) electrons. The third kappa shape index (κ3) is 4.26. The van der Waals surface area contributed by atoms with Gasteiger partial charge in [0.15, 0.2) is 0 Å². The van der Waals surface area contributed by atoms with Crippen LogP contribution in [0.4, 0.5) is 23.4 Å². The lowest BCUT2D eigenvalue weighted by Gasteiger charge is -2.28. The van der Waals surface area contributed by atoms with Gasteiger partial charge in [0.1, 0.15) is 11.6 Å². The number of rotatable bonds is 6. The standard InChI is InChI=1S/C20H21F4N3O/c21-15-6-3-5-14(13-15)19(8-1-2-9-19)18(28)27-12-11-26-17-16(20(22,23)24)7-4-10-25-17/h3-7,10,13H,1-2,8-9,11-12H2,(H,25,26)(H,27,28). The molecule has 8 heteroatoms. The molecule has 4 nitrogen and oxygen atoms in total. The van der Waals surface area contributed by atoms with Gasteiger partial charge in [0.25, 0.3) is 0 Å². The number of hydrogen-bond donors (Lipinski definition) is 2. The number of alkyl halides is 3. The van der Waals surface area contributed by atoms with Gasteiger partial charge < -0.3 is 10.6 Å². The molecule has 1 amide bonds. The molecule has 0 saturated heterocycles. The van der Waals surface area contributed by atoms with Crippen LogP contribution in [-0.2, 0) is 16.4 Å². The van der Waals surface area contributed by atoms with Crippen molar-refractivity contribution in [2.75, 3.05) is 18.4 Å². The minimum atomic E-state index is -4.51. The summed E-state index contributed by atoms with van der Waals surface area (Å²) in [5, 5.41) is 5.40. The quantitative estimate of drug-likeness (QED) is 0.567. The predicted octanol–water partition coefficient (Wildman–Crippen LogP) is 4.28. The second-order valence-corrected chi connectivity index (χ2v) is 6.88. The van der Waals surface area contributed by atoms with E-state index >= 15 is 0 Å².